The van der Waals surface area contributed by atoms with Crippen molar-refractivity contribution in [1.29, 1.82) is 0 Å². The molecule has 7 heteroatoms. The minimum atomic E-state index is -0.509. The Labute approximate surface area is 147 Å². The van der Waals surface area contributed by atoms with E-state index in [0.29, 0.717) is 13.1 Å². The SMILES string of the molecule is O=C(CN1CCCCCC1)N[C@@H]1CCN(Cc2cscn2)C[C@H]1O. The third-order valence-electron chi connectivity index (χ3n) is 4.95. The molecular weight excluding hydrogens is 324 g/mol. The predicted molar refractivity (Wildman–Crippen MR) is 94.9 cm³/mol. The molecule has 2 fully saturated rings. The number of hydrogen-bond acceptors (Lipinski definition) is 6. The van der Waals surface area contributed by atoms with Gasteiger partial charge in [-0.15, -0.1) is 11.3 Å². The zero-order chi connectivity index (χ0) is 16.8. The Bertz CT molecular complexity index is 503. The van der Waals surface area contributed by atoms with Crippen molar-refractivity contribution in [3.63, 3.8) is 0 Å². The van der Waals surface area contributed by atoms with Crippen LogP contribution >= 0.6 is 11.3 Å². The van der Waals surface area contributed by atoms with Crippen molar-refractivity contribution in [1.82, 2.24) is 20.1 Å². The molecule has 134 valence electrons. The quantitative estimate of drug-likeness (QED) is 0.830. The summed E-state index contributed by atoms with van der Waals surface area (Å²) in [4.78, 5) is 21.0. The minimum Gasteiger partial charge on any atom is -0.390 e. The van der Waals surface area contributed by atoms with E-state index in [1.165, 1.54) is 25.7 Å². The van der Waals surface area contributed by atoms with Crippen LogP contribution in [0.4, 0.5) is 0 Å². The van der Waals surface area contributed by atoms with Crippen molar-refractivity contribution in [2.24, 2.45) is 0 Å². The molecule has 0 bridgehead atoms. The number of amides is 1. The summed E-state index contributed by atoms with van der Waals surface area (Å²) in [5, 5.41) is 15.5. The van der Waals surface area contributed by atoms with Crippen LogP contribution in [0.15, 0.2) is 10.9 Å². The number of carbonyl (C=O) groups excluding carboxylic acids is 1. The van der Waals surface area contributed by atoms with E-state index in [9.17, 15) is 9.90 Å². The molecule has 0 aromatic carbocycles. The number of likely N-dealkylation sites (tertiary alicyclic amines) is 2. The molecule has 2 N–H and O–H groups in total. The molecule has 24 heavy (non-hydrogen) atoms. The first kappa shape index (κ1) is 17.8. The summed E-state index contributed by atoms with van der Waals surface area (Å²) in [6.07, 6.45) is 5.19. The number of nitrogens with one attached hydrogen (secondary N) is 1. The smallest absolute Gasteiger partial charge is 0.234 e. The summed E-state index contributed by atoms with van der Waals surface area (Å²) in [5.74, 6) is 0.0499. The van der Waals surface area contributed by atoms with Gasteiger partial charge in [-0.1, -0.05) is 12.8 Å². The second-order valence-corrected chi connectivity index (χ2v) is 7.65. The van der Waals surface area contributed by atoms with Gasteiger partial charge in [0.1, 0.15) is 0 Å². The lowest BCUT2D eigenvalue weighted by atomic mass is 10.0. The third kappa shape index (κ3) is 5.24. The van der Waals surface area contributed by atoms with Gasteiger partial charge in [0.2, 0.25) is 5.91 Å². The van der Waals surface area contributed by atoms with Gasteiger partial charge in [-0.3, -0.25) is 14.6 Å². The van der Waals surface area contributed by atoms with Crippen LogP contribution in [0.25, 0.3) is 0 Å². The van der Waals surface area contributed by atoms with Gasteiger partial charge in [0.05, 0.1) is 29.9 Å². The highest BCUT2D eigenvalue weighted by Crippen LogP contribution is 2.15. The highest BCUT2D eigenvalue weighted by molar-refractivity contribution is 7.07. The number of aliphatic hydroxyl groups excluding tert-OH is 1. The van der Waals surface area contributed by atoms with Crippen molar-refractivity contribution in [2.45, 2.75) is 50.8 Å². The molecule has 1 aromatic rings. The van der Waals surface area contributed by atoms with Crippen molar-refractivity contribution in [2.75, 3.05) is 32.7 Å². The van der Waals surface area contributed by atoms with E-state index < -0.39 is 6.10 Å². The first-order valence-corrected chi connectivity index (χ1v) is 9.94. The molecule has 0 radical (unpaired) electrons. The maximum atomic E-state index is 12.3. The highest BCUT2D eigenvalue weighted by Gasteiger charge is 2.29. The molecule has 2 atom stereocenters. The van der Waals surface area contributed by atoms with E-state index in [2.05, 4.69) is 20.1 Å². The molecule has 0 unspecified atom stereocenters. The summed E-state index contributed by atoms with van der Waals surface area (Å²) in [6, 6.07) is -0.129. The topological polar surface area (TPSA) is 68.7 Å². The lowest BCUT2D eigenvalue weighted by Gasteiger charge is -2.36. The van der Waals surface area contributed by atoms with Crippen molar-refractivity contribution in [3.05, 3.63) is 16.6 Å². The van der Waals surface area contributed by atoms with Gasteiger partial charge in [0.25, 0.3) is 0 Å². The molecule has 2 saturated heterocycles. The van der Waals surface area contributed by atoms with Crippen molar-refractivity contribution in [3.8, 4) is 0 Å². The number of carbonyl (C=O) groups is 1. The number of hydrogen-bond donors (Lipinski definition) is 2. The van der Waals surface area contributed by atoms with Crippen LogP contribution < -0.4 is 5.32 Å². The second-order valence-electron chi connectivity index (χ2n) is 6.94. The number of thiazole rings is 1. The van der Waals surface area contributed by atoms with Crippen molar-refractivity contribution < 1.29 is 9.90 Å². The second kappa shape index (κ2) is 8.89. The van der Waals surface area contributed by atoms with Crippen LogP contribution in [0.1, 0.15) is 37.8 Å². The standard InChI is InChI=1S/C17H28N4O2S/c22-16-10-21(9-14-12-24-13-18-14)8-5-15(16)19-17(23)11-20-6-3-1-2-4-7-20/h12-13,15-16,22H,1-11H2,(H,19,23)/t15-,16-/m1/s1. The Morgan fingerprint density at radius 3 is 2.71 bits per heavy atom. The minimum absolute atomic E-state index is 0.0499. The number of β-amino-alcohol motifs (C(OH)–C–C–N with tert-alkyl or cyclic N) is 1. The monoisotopic (exact) mass is 352 g/mol. The van der Waals surface area contributed by atoms with Gasteiger partial charge in [-0.2, -0.15) is 0 Å². The number of nitrogens with zero attached hydrogens (tertiary/aromatic N) is 3. The van der Waals surface area contributed by atoms with Gasteiger partial charge in [0.15, 0.2) is 0 Å². The number of aliphatic hydroxyl groups is 1. The first-order valence-electron chi connectivity index (χ1n) is 9.00. The molecule has 2 aliphatic rings. The number of aromatic nitrogens is 1. The summed E-state index contributed by atoms with van der Waals surface area (Å²) >= 11 is 1.59. The van der Waals surface area contributed by atoms with Gasteiger partial charge in [-0.05, 0) is 32.4 Å². The van der Waals surface area contributed by atoms with E-state index in [1.807, 2.05) is 10.9 Å². The number of rotatable bonds is 5. The molecule has 0 aliphatic carbocycles. The van der Waals surface area contributed by atoms with E-state index in [1.54, 1.807) is 11.3 Å². The van der Waals surface area contributed by atoms with Crippen LogP contribution in [-0.2, 0) is 11.3 Å². The Morgan fingerprint density at radius 2 is 2.04 bits per heavy atom. The first-order chi connectivity index (χ1) is 11.7. The number of piperidine rings is 1. The van der Waals surface area contributed by atoms with Crippen LogP contribution in [-0.4, -0.2) is 70.7 Å². The van der Waals surface area contributed by atoms with Crippen LogP contribution in [0.5, 0.6) is 0 Å². The van der Waals surface area contributed by atoms with E-state index in [0.717, 1.165) is 38.3 Å². The largest absolute Gasteiger partial charge is 0.390 e. The van der Waals surface area contributed by atoms with Gasteiger partial charge >= 0.3 is 0 Å². The highest BCUT2D eigenvalue weighted by atomic mass is 32.1. The molecule has 6 nitrogen and oxygen atoms in total. The fourth-order valence-corrected chi connectivity index (χ4v) is 4.15. The molecule has 3 heterocycles. The maximum Gasteiger partial charge on any atom is 0.234 e. The van der Waals surface area contributed by atoms with E-state index in [4.69, 9.17) is 0 Å². The van der Waals surface area contributed by atoms with Gasteiger partial charge in [0, 0.05) is 25.0 Å². The lowest BCUT2D eigenvalue weighted by Crippen LogP contribution is -2.55. The Hall–Kier alpha value is -1.02. The zero-order valence-corrected chi connectivity index (χ0v) is 15.0. The third-order valence-corrected chi connectivity index (χ3v) is 5.58. The molecule has 0 saturated carbocycles. The van der Waals surface area contributed by atoms with Gasteiger partial charge in [-0.25, -0.2) is 4.98 Å². The molecule has 3 rings (SSSR count). The van der Waals surface area contributed by atoms with Crippen molar-refractivity contribution >= 4 is 17.2 Å². The Morgan fingerprint density at radius 1 is 1.25 bits per heavy atom. The molecule has 0 spiro atoms. The van der Waals surface area contributed by atoms with E-state index in [-0.39, 0.29) is 11.9 Å². The fraction of sp³-hybridized carbons (Fsp3) is 0.765. The Balaban J connectivity index is 1.41. The van der Waals surface area contributed by atoms with Gasteiger partial charge < -0.3 is 10.4 Å². The van der Waals surface area contributed by atoms with Crippen LogP contribution in [0.2, 0.25) is 0 Å². The van der Waals surface area contributed by atoms with E-state index >= 15 is 0 Å². The summed E-state index contributed by atoms with van der Waals surface area (Å²) in [6.45, 7) is 4.74. The zero-order valence-electron chi connectivity index (χ0n) is 14.2. The molecular formula is C17H28N4O2S. The molecule has 1 aromatic heterocycles. The fourth-order valence-electron chi connectivity index (χ4n) is 3.60. The normalized spacial score (nSPS) is 26.9. The average molecular weight is 353 g/mol. The average Bonchev–Trinajstić information content (AvgIpc) is 2.93. The maximum absolute atomic E-state index is 12.3. The van der Waals surface area contributed by atoms with Crippen LogP contribution in [0.3, 0.4) is 0 Å². The summed E-state index contributed by atoms with van der Waals surface area (Å²) in [5.41, 5.74) is 2.89. The van der Waals surface area contributed by atoms with Crippen LogP contribution in [0, 0.1) is 0 Å². The summed E-state index contributed by atoms with van der Waals surface area (Å²) < 4.78 is 0. The lowest BCUT2D eigenvalue weighted by molar-refractivity contribution is -0.124. The predicted octanol–water partition coefficient (Wildman–Crippen LogP) is 1.07. The molecule has 2 aliphatic heterocycles. The summed E-state index contributed by atoms with van der Waals surface area (Å²) in [7, 11) is 0. The molecule has 1 amide bonds. The Kier molecular flexibility index (Phi) is 6.59.